The molecule has 21 heavy (non-hydrogen) atoms. The van der Waals surface area contributed by atoms with Crippen molar-refractivity contribution in [1.82, 2.24) is 9.97 Å². The summed E-state index contributed by atoms with van der Waals surface area (Å²) in [6.07, 6.45) is 0.404. The van der Waals surface area contributed by atoms with E-state index in [4.69, 9.17) is 10.5 Å². The Hall–Kier alpha value is -3.03. The van der Waals surface area contributed by atoms with E-state index >= 15 is 0 Å². The molecule has 0 atom stereocenters. The van der Waals surface area contributed by atoms with Gasteiger partial charge in [-0.05, 0) is 17.7 Å². The number of carbonyl (C=O) groups is 1. The number of methoxy groups -OCH3 is 1. The van der Waals surface area contributed by atoms with Crippen LogP contribution in [-0.4, -0.2) is 23.5 Å². The Bertz CT molecular complexity index is 681. The lowest BCUT2D eigenvalue weighted by Gasteiger charge is -2.10. The number of amides is 1. The van der Waals surface area contributed by atoms with Crippen LogP contribution < -0.4 is 26.7 Å². The summed E-state index contributed by atoms with van der Waals surface area (Å²) < 4.78 is 5.07. The molecule has 0 bridgehead atoms. The number of hydrogen-bond donors (Lipinski definition) is 4. The van der Waals surface area contributed by atoms with Crippen LogP contribution in [0, 0.1) is 0 Å². The van der Waals surface area contributed by atoms with E-state index in [1.165, 1.54) is 0 Å². The van der Waals surface area contributed by atoms with Crippen molar-refractivity contribution in [3.8, 4) is 5.75 Å². The molecule has 1 aromatic heterocycles. The minimum atomic E-state index is -0.521. The number of rotatable bonds is 6. The van der Waals surface area contributed by atoms with Crippen molar-refractivity contribution < 1.29 is 9.53 Å². The van der Waals surface area contributed by atoms with E-state index in [9.17, 15) is 9.59 Å². The Morgan fingerprint density at radius 3 is 2.71 bits per heavy atom. The SMILES string of the molecule is COc1ccc(CNc2nc(N)[nH]c(=O)c2NC=O)cc1. The summed E-state index contributed by atoms with van der Waals surface area (Å²) in [5.41, 5.74) is 5.94. The van der Waals surface area contributed by atoms with Gasteiger partial charge in [0.15, 0.2) is 5.82 Å². The van der Waals surface area contributed by atoms with Crippen LogP contribution in [0.25, 0.3) is 0 Å². The van der Waals surface area contributed by atoms with E-state index in [0.29, 0.717) is 13.0 Å². The van der Waals surface area contributed by atoms with Gasteiger partial charge in [-0.1, -0.05) is 12.1 Å². The van der Waals surface area contributed by atoms with Gasteiger partial charge in [0.25, 0.3) is 5.56 Å². The van der Waals surface area contributed by atoms with Crippen molar-refractivity contribution >= 4 is 23.9 Å². The average Bonchev–Trinajstić information content (AvgIpc) is 2.48. The van der Waals surface area contributed by atoms with Crippen LogP contribution in [0.4, 0.5) is 17.5 Å². The highest BCUT2D eigenvalue weighted by Crippen LogP contribution is 2.16. The molecule has 1 aromatic carbocycles. The molecular weight excluding hydrogens is 274 g/mol. The van der Waals surface area contributed by atoms with Gasteiger partial charge in [-0.15, -0.1) is 0 Å². The Morgan fingerprint density at radius 1 is 1.38 bits per heavy atom. The van der Waals surface area contributed by atoms with Crippen LogP contribution in [0.3, 0.4) is 0 Å². The highest BCUT2D eigenvalue weighted by atomic mass is 16.5. The predicted molar refractivity (Wildman–Crippen MR) is 79.3 cm³/mol. The highest BCUT2D eigenvalue weighted by molar-refractivity contribution is 5.78. The van der Waals surface area contributed by atoms with Crippen molar-refractivity contribution in [2.75, 3.05) is 23.5 Å². The molecule has 0 aliphatic rings. The fourth-order valence-corrected chi connectivity index (χ4v) is 1.74. The van der Waals surface area contributed by atoms with Crippen molar-refractivity contribution in [2.24, 2.45) is 0 Å². The van der Waals surface area contributed by atoms with E-state index in [2.05, 4.69) is 20.6 Å². The largest absolute Gasteiger partial charge is 0.497 e. The zero-order chi connectivity index (χ0) is 15.2. The van der Waals surface area contributed by atoms with Crippen LogP contribution in [0.5, 0.6) is 5.75 Å². The average molecular weight is 289 g/mol. The maximum absolute atomic E-state index is 11.7. The third-order valence-electron chi connectivity index (χ3n) is 2.76. The van der Waals surface area contributed by atoms with Gasteiger partial charge in [-0.2, -0.15) is 4.98 Å². The molecule has 0 saturated carbocycles. The van der Waals surface area contributed by atoms with Crippen LogP contribution in [-0.2, 0) is 11.3 Å². The van der Waals surface area contributed by atoms with Gasteiger partial charge in [0.2, 0.25) is 12.4 Å². The van der Waals surface area contributed by atoms with Gasteiger partial charge in [0, 0.05) is 6.54 Å². The van der Waals surface area contributed by atoms with Gasteiger partial charge in [-0.25, -0.2) is 0 Å². The number of H-pyrrole nitrogens is 1. The van der Waals surface area contributed by atoms with E-state index in [0.717, 1.165) is 11.3 Å². The number of aromatic nitrogens is 2. The Balaban J connectivity index is 2.18. The lowest BCUT2D eigenvalue weighted by molar-refractivity contribution is -0.105. The molecule has 8 nitrogen and oxygen atoms in total. The number of ether oxygens (including phenoxy) is 1. The lowest BCUT2D eigenvalue weighted by atomic mass is 10.2. The maximum Gasteiger partial charge on any atom is 0.278 e. The fourth-order valence-electron chi connectivity index (χ4n) is 1.74. The second-order valence-electron chi connectivity index (χ2n) is 4.14. The molecule has 2 rings (SSSR count). The first kappa shape index (κ1) is 14.4. The third kappa shape index (κ3) is 3.50. The third-order valence-corrected chi connectivity index (χ3v) is 2.76. The molecule has 110 valence electrons. The van der Waals surface area contributed by atoms with Crippen LogP contribution in [0.1, 0.15) is 5.56 Å². The second-order valence-corrected chi connectivity index (χ2v) is 4.14. The molecular formula is C13H15N5O3. The Morgan fingerprint density at radius 2 is 2.10 bits per heavy atom. The van der Waals surface area contributed by atoms with E-state index < -0.39 is 5.56 Å². The van der Waals surface area contributed by atoms with Gasteiger partial charge >= 0.3 is 0 Å². The van der Waals surface area contributed by atoms with Gasteiger partial charge in [0.05, 0.1) is 7.11 Å². The molecule has 0 unspecified atom stereocenters. The van der Waals surface area contributed by atoms with Crippen molar-refractivity contribution in [3.05, 3.63) is 40.2 Å². The molecule has 5 N–H and O–H groups in total. The van der Waals surface area contributed by atoms with E-state index in [1.54, 1.807) is 7.11 Å². The van der Waals surface area contributed by atoms with Crippen molar-refractivity contribution in [2.45, 2.75) is 6.54 Å². The summed E-state index contributed by atoms with van der Waals surface area (Å²) in [4.78, 5) is 28.5. The first-order valence-corrected chi connectivity index (χ1v) is 6.11. The molecule has 0 radical (unpaired) electrons. The standard InChI is InChI=1S/C13H15N5O3/c1-21-9-4-2-8(3-5-9)6-15-11-10(16-7-19)12(20)18-13(14)17-11/h2-5,7H,6H2,1H3,(H,16,19)(H4,14,15,17,18,20). The summed E-state index contributed by atoms with van der Waals surface area (Å²) in [5, 5.41) is 5.26. The molecule has 2 aromatic rings. The zero-order valence-corrected chi connectivity index (χ0v) is 11.3. The minimum Gasteiger partial charge on any atom is -0.497 e. The van der Waals surface area contributed by atoms with E-state index in [1.807, 2.05) is 24.3 Å². The molecule has 1 heterocycles. The molecule has 8 heteroatoms. The molecule has 0 aliphatic carbocycles. The first-order valence-electron chi connectivity index (χ1n) is 6.11. The summed E-state index contributed by atoms with van der Waals surface area (Å²) in [6, 6.07) is 7.38. The Kier molecular flexibility index (Phi) is 4.39. The molecule has 0 aliphatic heterocycles. The predicted octanol–water partition coefficient (Wildman–Crippen LogP) is 0.541. The first-order chi connectivity index (χ1) is 10.1. The summed E-state index contributed by atoms with van der Waals surface area (Å²) in [5.74, 6) is 0.924. The van der Waals surface area contributed by atoms with Gasteiger partial charge in [-0.3, -0.25) is 14.6 Å². The minimum absolute atomic E-state index is 0.0210. The number of aromatic amines is 1. The molecule has 1 amide bonds. The number of nitrogen functional groups attached to an aromatic ring is 1. The van der Waals surface area contributed by atoms with Crippen LogP contribution in [0.2, 0.25) is 0 Å². The number of nitrogens with two attached hydrogens (primary N) is 1. The summed E-state index contributed by atoms with van der Waals surface area (Å²) in [6.45, 7) is 0.410. The fraction of sp³-hybridized carbons (Fsp3) is 0.154. The van der Waals surface area contributed by atoms with Gasteiger partial charge < -0.3 is 21.1 Å². The zero-order valence-electron chi connectivity index (χ0n) is 11.3. The monoisotopic (exact) mass is 289 g/mol. The second kappa shape index (κ2) is 6.42. The lowest BCUT2D eigenvalue weighted by Crippen LogP contribution is -2.19. The molecule has 0 fully saturated rings. The molecule has 0 spiro atoms. The smallest absolute Gasteiger partial charge is 0.278 e. The normalized spacial score (nSPS) is 9.95. The van der Waals surface area contributed by atoms with Crippen molar-refractivity contribution in [1.29, 1.82) is 0 Å². The number of nitrogens with one attached hydrogen (secondary N) is 3. The quantitative estimate of drug-likeness (QED) is 0.576. The number of carbonyl (C=O) groups excluding carboxylic acids is 1. The maximum atomic E-state index is 11.7. The number of nitrogens with zero attached hydrogens (tertiary/aromatic N) is 1. The van der Waals surface area contributed by atoms with E-state index in [-0.39, 0.29) is 17.5 Å². The van der Waals surface area contributed by atoms with Gasteiger partial charge in [0.1, 0.15) is 11.4 Å². The number of anilines is 3. The highest BCUT2D eigenvalue weighted by Gasteiger charge is 2.09. The van der Waals surface area contributed by atoms with Crippen LogP contribution in [0.15, 0.2) is 29.1 Å². The molecule has 0 saturated heterocycles. The van der Waals surface area contributed by atoms with Crippen molar-refractivity contribution in [3.63, 3.8) is 0 Å². The number of benzene rings is 1. The number of hydrogen-bond acceptors (Lipinski definition) is 6. The Labute approximate surface area is 120 Å². The topological polar surface area (TPSA) is 122 Å². The van der Waals surface area contributed by atoms with Crippen LogP contribution >= 0.6 is 0 Å². The summed E-state index contributed by atoms with van der Waals surface area (Å²) in [7, 11) is 1.59. The summed E-state index contributed by atoms with van der Waals surface area (Å²) >= 11 is 0.